The number of carboxylic acids is 1. The van der Waals surface area contributed by atoms with Crippen molar-refractivity contribution in [3.05, 3.63) is 64.4 Å². The van der Waals surface area contributed by atoms with Crippen molar-refractivity contribution in [2.24, 2.45) is 0 Å². The molecule has 0 spiro atoms. The molecule has 1 aliphatic rings. The molecule has 0 amide bonds. The van der Waals surface area contributed by atoms with Crippen LogP contribution in [-0.4, -0.2) is 17.6 Å². The molecule has 0 bridgehead atoms. The molecule has 0 aliphatic carbocycles. The molecule has 0 saturated heterocycles. The van der Waals surface area contributed by atoms with Gasteiger partial charge in [0.2, 0.25) is 0 Å². The standard InChI is InChI=1S/C16H13ClFNO2/c17-13-6-5-10(7-14(13)18)8-19-9-12(16(20)21)11-3-1-2-4-15(11)19/h1-7,12H,8-9H2,(H,20,21). The molecule has 108 valence electrons. The van der Waals surface area contributed by atoms with Crippen molar-refractivity contribution in [3.63, 3.8) is 0 Å². The van der Waals surface area contributed by atoms with Crippen molar-refractivity contribution in [1.29, 1.82) is 0 Å². The van der Waals surface area contributed by atoms with Crippen molar-refractivity contribution < 1.29 is 14.3 Å². The summed E-state index contributed by atoms with van der Waals surface area (Å²) < 4.78 is 13.5. The SMILES string of the molecule is O=C(O)C1CN(Cc2ccc(Cl)c(F)c2)c2ccccc21. The number of carboxylic acid groups (broad SMARTS) is 1. The van der Waals surface area contributed by atoms with E-state index >= 15 is 0 Å². The Bertz CT molecular complexity index is 704. The van der Waals surface area contributed by atoms with Gasteiger partial charge in [0, 0.05) is 18.8 Å². The number of para-hydroxylation sites is 1. The van der Waals surface area contributed by atoms with Crippen LogP contribution >= 0.6 is 11.6 Å². The summed E-state index contributed by atoms with van der Waals surface area (Å²) in [5.41, 5.74) is 2.46. The normalized spacial score (nSPS) is 16.9. The summed E-state index contributed by atoms with van der Waals surface area (Å²) in [6.07, 6.45) is 0. The molecule has 1 N–H and O–H groups in total. The lowest BCUT2D eigenvalue weighted by Gasteiger charge is -2.19. The smallest absolute Gasteiger partial charge is 0.312 e. The van der Waals surface area contributed by atoms with Gasteiger partial charge in [-0.3, -0.25) is 4.79 Å². The van der Waals surface area contributed by atoms with Crippen LogP contribution in [0, 0.1) is 5.82 Å². The van der Waals surface area contributed by atoms with Crippen LogP contribution in [0.1, 0.15) is 17.0 Å². The van der Waals surface area contributed by atoms with E-state index < -0.39 is 17.7 Å². The predicted molar refractivity (Wildman–Crippen MR) is 79.3 cm³/mol. The molecule has 0 aromatic heterocycles. The summed E-state index contributed by atoms with van der Waals surface area (Å²) in [5.74, 6) is -1.85. The Hall–Kier alpha value is -2.07. The Labute approximate surface area is 126 Å². The maximum atomic E-state index is 13.5. The van der Waals surface area contributed by atoms with Gasteiger partial charge in [-0.1, -0.05) is 35.9 Å². The van der Waals surface area contributed by atoms with E-state index in [-0.39, 0.29) is 5.02 Å². The largest absolute Gasteiger partial charge is 0.481 e. The molecule has 1 unspecified atom stereocenters. The number of hydrogen-bond donors (Lipinski definition) is 1. The van der Waals surface area contributed by atoms with Gasteiger partial charge in [0.15, 0.2) is 0 Å². The Kier molecular flexibility index (Phi) is 3.55. The molecular formula is C16H13ClFNO2. The highest BCUT2D eigenvalue weighted by Gasteiger charge is 2.33. The van der Waals surface area contributed by atoms with Crippen LogP contribution in [-0.2, 0) is 11.3 Å². The minimum absolute atomic E-state index is 0.0870. The van der Waals surface area contributed by atoms with Crippen LogP contribution in [0.2, 0.25) is 5.02 Å². The highest BCUT2D eigenvalue weighted by Crippen LogP contribution is 2.37. The fourth-order valence-corrected chi connectivity index (χ4v) is 2.82. The Morgan fingerprint density at radius 3 is 2.81 bits per heavy atom. The van der Waals surface area contributed by atoms with E-state index in [4.69, 9.17) is 11.6 Å². The van der Waals surface area contributed by atoms with Gasteiger partial charge in [0.1, 0.15) is 11.7 Å². The van der Waals surface area contributed by atoms with Gasteiger partial charge in [0.05, 0.1) is 5.02 Å². The first-order chi connectivity index (χ1) is 10.1. The Morgan fingerprint density at radius 1 is 1.33 bits per heavy atom. The minimum atomic E-state index is -0.841. The van der Waals surface area contributed by atoms with E-state index in [1.54, 1.807) is 6.07 Å². The summed E-state index contributed by atoms with van der Waals surface area (Å²) in [5, 5.41) is 9.41. The maximum absolute atomic E-state index is 13.5. The second-order valence-electron chi connectivity index (χ2n) is 5.08. The van der Waals surface area contributed by atoms with Gasteiger partial charge in [-0.05, 0) is 29.3 Å². The van der Waals surface area contributed by atoms with Gasteiger partial charge in [-0.25, -0.2) is 4.39 Å². The zero-order valence-corrected chi connectivity index (χ0v) is 11.8. The molecule has 2 aromatic carbocycles. The number of benzene rings is 2. The second-order valence-corrected chi connectivity index (χ2v) is 5.49. The van der Waals surface area contributed by atoms with Crippen molar-refractivity contribution in [3.8, 4) is 0 Å². The third-order valence-electron chi connectivity index (χ3n) is 3.71. The molecule has 1 aliphatic heterocycles. The highest BCUT2D eigenvalue weighted by atomic mass is 35.5. The molecule has 3 nitrogen and oxygen atoms in total. The third-order valence-corrected chi connectivity index (χ3v) is 4.02. The first-order valence-electron chi connectivity index (χ1n) is 6.57. The average molecular weight is 306 g/mol. The number of hydrogen-bond acceptors (Lipinski definition) is 2. The van der Waals surface area contributed by atoms with Crippen molar-refractivity contribution in [2.45, 2.75) is 12.5 Å². The van der Waals surface area contributed by atoms with E-state index in [9.17, 15) is 14.3 Å². The average Bonchev–Trinajstić information content (AvgIpc) is 2.82. The van der Waals surface area contributed by atoms with Crippen LogP contribution in [0.25, 0.3) is 0 Å². The third kappa shape index (κ3) is 2.59. The number of carbonyl (C=O) groups is 1. The van der Waals surface area contributed by atoms with E-state index in [1.807, 2.05) is 29.2 Å². The van der Waals surface area contributed by atoms with E-state index in [2.05, 4.69) is 0 Å². The fraction of sp³-hybridized carbons (Fsp3) is 0.188. The van der Waals surface area contributed by atoms with Crippen molar-refractivity contribution in [2.75, 3.05) is 11.4 Å². The van der Waals surface area contributed by atoms with Crippen LogP contribution in [0.4, 0.5) is 10.1 Å². The molecule has 1 atom stereocenters. The number of nitrogens with zero attached hydrogens (tertiary/aromatic N) is 1. The summed E-state index contributed by atoms with van der Waals surface area (Å²) in [7, 11) is 0. The van der Waals surface area contributed by atoms with Crippen molar-refractivity contribution in [1.82, 2.24) is 0 Å². The molecule has 0 fully saturated rings. The second kappa shape index (κ2) is 5.37. The molecule has 2 aromatic rings. The first kappa shape index (κ1) is 13.9. The fourth-order valence-electron chi connectivity index (χ4n) is 2.71. The Balaban J connectivity index is 1.90. The molecule has 5 heteroatoms. The van der Waals surface area contributed by atoms with E-state index in [0.29, 0.717) is 13.1 Å². The zero-order valence-electron chi connectivity index (χ0n) is 11.1. The quantitative estimate of drug-likeness (QED) is 0.940. The summed E-state index contributed by atoms with van der Waals surface area (Å²) in [6.45, 7) is 0.841. The maximum Gasteiger partial charge on any atom is 0.312 e. The molecule has 21 heavy (non-hydrogen) atoms. The molecule has 1 heterocycles. The molecule has 0 saturated carbocycles. The number of fused-ring (bicyclic) bond motifs is 1. The number of anilines is 1. The molecular weight excluding hydrogens is 293 g/mol. The van der Waals surface area contributed by atoms with E-state index in [1.165, 1.54) is 12.1 Å². The van der Waals surface area contributed by atoms with Crippen LogP contribution in [0.15, 0.2) is 42.5 Å². The lowest BCUT2D eigenvalue weighted by atomic mass is 10.0. The first-order valence-corrected chi connectivity index (χ1v) is 6.94. The van der Waals surface area contributed by atoms with Crippen LogP contribution < -0.4 is 4.90 Å². The topological polar surface area (TPSA) is 40.5 Å². The van der Waals surface area contributed by atoms with Gasteiger partial charge in [0.25, 0.3) is 0 Å². The summed E-state index contributed by atoms with van der Waals surface area (Å²) in [6, 6.07) is 12.1. The van der Waals surface area contributed by atoms with Crippen molar-refractivity contribution >= 4 is 23.3 Å². The lowest BCUT2D eigenvalue weighted by Crippen LogP contribution is -2.24. The van der Waals surface area contributed by atoms with Gasteiger partial charge >= 0.3 is 5.97 Å². The highest BCUT2D eigenvalue weighted by molar-refractivity contribution is 6.30. The van der Waals surface area contributed by atoms with E-state index in [0.717, 1.165) is 16.8 Å². The van der Waals surface area contributed by atoms with Gasteiger partial charge in [-0.15, -0.1) is 0 Å². The number of halogens is 2. The predicted octanol–water partition coefficient (Wildman–Crippen LogP) is 3.67. The van der Waals surface area contributed by atoms with Crippen LogP contribution in [0.3, 0.4) is 0 Å². The van der Waals surface area contributed by atoms with Crippen LogP contribution in [0.5, 0.6) is 0 Å². The minimum Gasteiger partial charge on any atom is -0.481 e. The van der Waals surface area contributed by atoms with Gasteiger partial charge in [-0.2, -0.15) is 0 Å². The number of aliphatic carboxylic acids is 1. The summed E-state index contributed by atoms with van der Waals surface area (Å²) in [4.78, 5) is 13.3. The lowest BCUT2D eigenvalue weighted by molar-refractivity contribution is -0.138. The summed E-state index contributed by atoms with van der Waals surface area (Å²) >= 11 is 5.68. The molecule has 0 radical (unpaired) electrons. The monoisotopic (exact) mass is 305 g/mol. The number of rotatable bonds is 3. The Morgan fingerprint density at radius 2 is 2.10 bits per heavy atom. The molecule has 3 rings (SSSR count). The zero-order chi connectivity index (χ0) is 15.0. The van der Waals surface area contributed by atoms with Gasteiger partial charge < -0.3 is 10.0 Å².